The van der Waals surface area contributed by atoms with Crippen LogP contribution >= 0.6 is 0 Å². The van der Waals surface area contributed by atoms with Gasteiger partial charge < -0.3 is 10.5 Å². The first-order valence-corrected chi connectivity index (χ1v) is 11.1. The molecule has 0 spiro atoms. The number of hydrogen-bond donors (Lipinski definition) is 1. The molecule has 0 amide bonds. The lowest BCUT2D eigenvalue weighted by atomic mass is 10.1. The van der Waals surface area contributed by atoms with Gasteiger partial charge in [-0.15, -0.1) is 0 Å². The van der Waals surface area contributed by atoms with E-state index in [0.29, 0.717) is 19.0 Å². The third kappa shape index (κ3) is 5.12. The smallest absolute Gasteiger partial charge is 0.332 e. The van der Waals surface area contributed by atoms with E-state index < -0.39 is 11.2 Å². The first kappa shape index (κ1) is 23.8. The van der Waals surface area contributed by atoms with Gasteiger partial charge in [-0.05, 0) is 49.3 Å². The van der Waals surface area contributed by atoms with Crippen molar-refractivity contribution in [3.05, 3.63) is 56.2 Å². The van der Waals surface area contributed by atoms with Crippen LogP contribution in [0.15, 0.2) is 33.9 Å². The summed E-state index contributed by atoms with van der Waals surface area (Å²) in [5.74, 6) is 1.05. The number of anilines is 1. The maximum absolute atomic E-state index is 13.4. The zero-order valence-electron chi connectivity index (χ0n) is 19.6. The summed E-state index contributed by atoms with van der Waals surface area (Å²) < 4.78 is 7.54. The Morgan fingerprint density at radius 1 is 1.19 bits per heavy atom. The van der Waals surface area contributed by atoms with E-state index in [4.69, 9.17) is 10.5 Å². The normalized spacial score (nSPS) is 14.7. The van der Waals surface area contributed by atoms with Gasteiger partial charge in [0, 0.05) is 26.2 Å². The van der Waals surface area contributed by atoms with Gasteiger partial charge in [0.2, 0.25) is 0 Å². The lowest BCUT2D eigenvalue weighted by Gasteiger charge is -2.29. The van der Waals surface area contributed by atoms with Crippen molar-refractivity contribution in [3.8, 4) is 5.75 Å². The highest BCUT2D eigenvalue weighted by Crippen LogP contribution is 2.35. The van der Waals surface area contributed by atoms with E-state index in [0.717, 1.165) is 28.7 Å². The molecule has 3 rings (SSSR count). The van der Waals surface area contributed by atoms with E-state index in [9.17, 15) is 14.4 Å². The molecule has 1 fully saturated rings. The Balaban J connectivity index is 1.92. The standard InChI is InChI=1S/C24H34N4O4/c1-15(2)12-28-22(25)21(23(30)26(4)24(28)31)20(29)14-27(16(3)18-8-9-18)13-17-6-10-19(32-5)11-7-17/h6-7,10-11,15-16,18H,8-9,12-14,25H2,1-5H3. The number of aromatic nitrogens is 2. The highest BCUT2D eigenvalue weighted by Gasteiger charge is 2.34. The fourth-order valence-corrected chi connectivity index (χ4v) is 4.04. The molecule has 0 saturated heterocycles. The first-order chi connectivity index (χ1) is 15.1. The van der Waals surface area contributed by atoms with Crippen LogP contribution in [-0.2, 0) is 20.1 Å². The minimum Gasteiger partial charge on any atom is -0.497 e. The summed E-state index contributed by atoms with van der Waals surface area (Å²) >= 11 is 0. The largest absolute Gasteiger partial charge is 0.497 e. The number of Topliss-reactive ketones (excluding diaryl/α,β-unsaturated/α-hetero) is 1. The molecular formula is C24H34N4O4. The Labute approximate surface area is 188 Å². The average molecular weight is 443 g/mol. The molecule has 32 heavy (non-hydrogen) atoms. The van der Waals surface area contributed by atoms with Crippen LogP contribution in [0.2, 0.25) is 0 Å². The molecule has 1 saturated carbocycles. The van der Waals surface area contributed by atoms with E-state index in [1.165, 1.54) is 11.6 Å². The maximum Gasteiger partial charge on any atom is 0.332 e. The van der Waals surface area contributed by atoms with Crippen LogP contribution in [-0.4, -0.2) is 39.5 Å². The number of nitrogen functional groups attached to an aromatic ring is 1. The average Bonchev–Trinajstić information content (AvgIpc) is 3.60. The molecule has 174 valence electrons. The van der Waals surface area contributed by atoms with Crippen LogP contribution in [0.25, 0.3) is 0 Å². The van der Waals surface area contributed by atoms with Crippen molar-refractivity contribution < 1.29 is 9.53 Å². The van der Waals surface area contributed by atoms with Gasteiger partial charge in [0.1, 0.15) is 17.1 Å². The molecule has 8 nitrogen and oxygen atoms in total. The fraction of sp³-hybridized carbons (Fsp3) is 0.542. The first-order valence-electron chi connectivity index (χ1n) is 11.1. The number of carbonyl (C=O) groups excluding carboxylic acids is 1. The van der Waals surface area contributed by atoms with Crippen LogP contribution in [0, 0.1) is 11.8 Å². The Hall–Kier alpha value is -2.87. The summed E-state index contributed by atoms with van der Waals surface area (Å²) in [6.45, 7) is 6.99. The Morgan fingerprint density at radius 3 is 2.34 bits per heavy atom. The van der Waals surface area contributed by atoms with Crippen molar-refractivity contribution >= 4 is 11.6 Å². The molecule has 2 aromatic rings. The molecule has 1 heterocycles. The Kier molecular flexibility index (Phi) is 7.23. The van der Waals surface area contributed by atoms with Crippen molar-refractivity contribution in [2.24, 2.45) is 18.9 Å². The quantitative estimate of drug-likeness (QED) is 0.567. The molecule has 0 radical (unpaired) electrons. The number of methoxy groups -OCH3 is 1. The van der Waals surface area contributed by atoms with Gasteiger partial charge in [0.05, 0.1) is 13.7 Å². The molecule has 1 aromatic heterocycles. The van der Waals surface area contributed by atoms with Crippen LogP contribution in [0.1, 0.15) is 49.5 Å². The van der Waals surface area contributed by atoms with Crippen molar-refractivity contribution in [3.63, 3.8) is 0 Å². The molecule has 2 N–H and O–H groups in total. The summed E-state index contributed by atoms with van der Waals surface area (Å²) in [5, 5.41) is 0. The van der Waals surface area contributed by atoms with E-state index in [-0.39, 0.29) is 35.7 Å². The van der Waals surface area contributed by atoms with Crippen LogP contribution < -0.4 is 21.7 Å². The number of carbonyl (C=O) groups is 1. The minimum atomic E-state index is -0.638. The Bertz CT molecular complexity index is 1080. The van der Waals surface area contributed by atoms with Gasteiger partial charge >= 0.3 is 5.69 Å². The van der Waals surface area contributed by atoms with Gasteiger partial charge in [-0.1, -0.05) is 26.0 Å². The number of benzene rings is 1. The fourth-order valence-electron chi connectivity index (χ4n) is 4.04. The topological polar surface area (TPSA) is 99.6 Å². The van der Waals surface area contributed by atoms with Gasteiger partial charge in [0.25, 0.3) is 5.56 Å². The van der Waals surface area contributed by atoms with Gasteiger partial charge in [0.15, 0.2) is 5.78 Å². The molecule has 1 aliphatic rings. The second-order valence-electron chi connectivity index (χ2n) is 9.17. The van der Waals surface area contributed by atoms with Gasteiger partial charge in [-0.25, -0.2) is 4.79 Å². The summed E-state index contributed by atoms with van der Waals surface area (Å²) in [7, 11) is 3.01. The van der Waals surface area contributed by atoms with E-state index in [1.807, 2.05) is 38.1 Å². The molecule has 0 aliphatic heterocycles. The van der Waals surface area contributed by atoms with Gasteiger partial charge in [-0.2, -0.15) is 0 Å². The van der Waals surface area contributed by atoms with Crippen LogP contribution in [0.5, 0.6) is 5.75 Å². The van der Waals surface area contributed by atoms with E-state index in [2.05, 4.69) is 11.8 Å². The molecule has 1 unspecified atom stereocenters. The number of nitrogens with zero attached hydrogens (tertiary/aromatic N) is 3. The summed E-state index contributed by atoms with van der Waals surface area (Å²) in [6.07, 6.45) is 2.27. The second-order valence-corrected chi connectivity index (χ2v) is 9.17. The summed E-state index contributed by atoms with van der Waals surface area (Å²) in [6, 6.07) is 7.94. The number of ether oxygens (including phenoxy) is 1. The predicted octanol–water partition coefficient (Wildman–Crippen LogP) is 2.28. The zero-order valence-corrected chi connectivity index (χ0v) is 19.6. The molecular weight excluding hydrogens is 408 g/mol. The van der Waals surface area contributed by atoms with Crippen LogP contribution in [0.3, 0.4) is 0 Å². The van der Waals surface area contributed by atoms with E-state index >= 15 is 0 Å². The highest BCUT2D eigenvalue weighted by molar-refractivity contribution is 6.01. The summed E-state index contributed by atoms with van der Waals surface area (Å²) in [4.78, 5) is 40.9. The van der Waals surface area contributed by atoms with Crippen molar-refractivity contribution in [1.29, 1.82) is 0 Å². The summed E-state index contributed by atoms with van der Waals surface area (Å²) in [5.41, 5.74) is 6.02. The maximum atomic E-state index is 13.4. The van der Waals surface area contributed by atoms with Crippen LogP contribution in [0.4, 0.5) is 5.82 Å². The highest BCUT2D eigenvalue weighted by atomic mass is 16.5. The molecule has 1 aromatic carbocycles. The molecule has 1 aliphatic carbocycles. The number of ketones is 1. The zero-order chi connectivity index (χ0) is 23.6. The van der Waals surface area contributed by atoms with Crippen molar-refractivity contribution in [2.75, 3.05) is 19.4 Å². The minimum absolute atomic E-state index is 0.0414. The molecule has 0 bridgehead atoms. The van der Waals surface area contributed by atoms with Gasteiger partial charge in [-0.3, -0.25) is 23.6 Å². The lowest BCUT2D eigenvalue weighted by molar-refractivity contribution is 0.0874. The number of nitrogens with two attached hydrogens (primary N) is 1. The molecule has 8 heteroatoms. The third-order valence-electron chi connectivity index (χ3n) is 6.18. The lowest BCUT2D eigenvalue weighted by Crippen LogP contribution is -2.45. The Morgan fingerprint density at radius 2 is 1.81 bits per heavy atom. The van der Waals surface area contributed by atoms with E-state index in [1.54, 1.807) is 7.11 Å². The predicted molar refractivity (Wildman–Crippen MR) is 125 cm³/mol. The second kappa shape index (κ2) is 9.73. The monoisotopic (exact) mass is 442 g/mol. The molecule has 1 atom stereocenters. The van der Waals surface area contributed by atoms with Crippen molar-refractivity contribution in [1.82, 2.24) is 14.0 Å². The number of rotatable bonds is 10. The van der Waals surface area contributed by atoms with Crippen molar-refractivity contribution in [2.45, 2.75) is 52.7 Å². The third-order valence-corrected chi connectivity index (χ3v) is 6.18. The number of hydrogen-bond acceptors (Lipinski definition) is 6. The SMILES string of the molecule is COc1ccc(CN(CC(=O)c2c(N)n(CC(C)C)c(=O)n(C)c2=O)C(C)C2CC2)cc1.